The van der Waals surface area contributed by atoms with Crippen LogP contribution < -0.4 is 0 Å². The van der Waals surface area contributed by atoms with Crippen LogP contribution in [-0.2, 0) is 6.54 Å². The molecule has 0 saturated carbocycles. The summed E-state index contributed by atoms with van der Waals surface area (Å²) in [5.41, 5.74) is 0.722. The van der Waals surface area contributed by atoms with Gasteiger partial charge in [-0.25, -0.2) is 0 Å². The molecule has 0 aliphatic rings. The lowest BCUT2D eigenvalue weighted by molar-refractivity contribution is 0.0734. The van der Waals surface area contributed by atoms with Crippen molar-refractivity contribution in [2.24, 2.45) is 0 Å². The second kappa shape index (κ2) is 5.92. The van der Waals surface area contributed by atoms with E-state index in [-0.39, 0.29) is 11.9 Å². The number of hydrogen-bond acceptors (Lipinski definition) is 2. The Kier molecular flexibility index (Phi) is 4.47. The van der Waals surface area contributed by atoms with Crippen molar-refractivity contribution in [2.45, 2.75) is 26.4 Å². The van der Waals surface area contributed by atoms with Crippen LogP contribution >= 0.6 is 27.3 Å². The molecule has 2 aromatic heterocycles. The minimum Gasteiger partial charge on any atom is -0.343 e. The molecule has 0 bridgehead atoms. The Labute approximate surface area is 126 Å². The summed E-state index contributed by atoms with van der Waals surface area (Å²) >= 11 is 5.10. The van der Waals surface area contributed by atoms with E-state index in [1.807, 2.05) is 42.2 Å². The molecule has 0 radical (unpaired) electrons. The van der Waals surface area contributed by atoms with Crippen LogP contribution in [0.2, 0.25) is 0 Å². The molecule has 1 amide bonds. The maximum absolute atomic E-state index is 12.6. The average molecular weight is 341 g/mol. The molecule has 0 aromatic carbocycles. The van der Waals surface area contributed by atoms with E-state index in [4.69, 9.17) is 0 Å². The summed E-state index contributed by atoms with van der Waals surface area (Å²) in [6, 6.07) is 6.05. The van der Waals surface area contributed by atoms with E-state index >= 15 is 0 Å². The Hall–Kier alpha value is -1.07. The van der Waals surface area contributed by atoms with Gasteiger partial charge in [0, 0.05) is 29.1 Å². The van der Waals surface area contributed by atoms with Crippen molar-refractivity contribution in [3.63, 3.8) is 0 Å². The number of aryl methyl sites for hydroxylation is 1. The maximum atomic E-state index is 12.6. The number of carbonyl (C=O) groups is 1. The minimum atomic E-state index is 0.0495. The first-order valence-corrected chi connectivity index (χ1v) is 7.88. The summed E-state index contributed by atoms with van der Waals surface area (Å²) in [6.45, 7) is 4.87. The fourth-order valence-electron chi connectivity index (χ4n) is 1.99. The van der Waals surface area contributed by atoms with Gasteiger partial charge in [0.1, 0.15) is 5.69 Å². The zero-order valence-electron chi connectivity index (χ0n) is 11.3. The predicted molar refractivity (Wildman–Crippen MR) is 82.6 cm³/mol. The van der Waals surface area contributed by atoms with Gasteiger partial charge >= 0.3 is 0 Å². The molecule has 5 heteroatoms. The SMILES string of the molecule is CCn1cc(Br)cc1C(=O)N(C)C(C)c1cccs1. The summed E-state index contributed by atoms with van der Waals surface area (Å²) in [4.78, 5) is 15.6. The first-order valence-electron chi connectivity index (χ1n) is 6.20. The molecule has 1 atom stereocenters. The van der Waals surface area contributed by atoms with Gasteiger partial charge in [-0.3, -0.25) is 4.79 Å². The van der Waals surface area contributed by atoms with Crippen LogP contribution in [0.1, 0.15) is 35.3 Å². The molecular formula is C14H17BrN2OS. The van der Waals surface area contributed by atoms with Crippen molar-refractivity contribution in [3.8, 4) is 0 Å². The van der Waals surface area contributed by atoms with Crippen LogP contribution in [0.25, 0.3) is 0 Å². The van der Waals surface area contributed by atoms with Crippen LogP contribution in [0.4, 0.5) is 0 Å². The van der Waals surface area contributed by atoms with E-state index < -0.39 is 0 Å². The third-order valence-corrected chi connectivity index (χ3v) is 4.76. The van der Waals surface area contributed by atoms with E-state index in [1.165, 1.54) is 4.88 Å². The predicted octanol–water partition coefficient (Wildman–Crippen LogP) is 4.17. The van der Waals surface area contributed by atoms with Crippen molar-refractivity contribution < 1.29 is 4.79 Å². The Bertz CT molecular complexity index is 562. The van der Waals surface area contributed by atoms with Crippen LogP contribution in [0, 0.1) is 0 Å². The van der Waals surface area contributed by atoms with E-state index in [0.29, 0.717) is 0 Å². The lowest BCUT2D eigenvalue weighted by atomic mass is 10.2. The normalized spacial score (nSPS) is 12.4. The molecule has 0 aliphatic carbocycles. The van der Waals surface area contributed by atoms with Gasteiger partial charge in [-0.15, -0.1) is 11.3 Å². The molecule has 0 saturated heterocycles. The van der Waals surface area contributed by atoms with Crippen molar-refractivity contribution >= 4 is 33.2 Å². The highest BCUT2D eigenvalue weighted by Gasteiger charge is 2.22. The largest absolute Gasteiger partial charge is 0.343 e. The molecule has 0 N–H and O–H groups in total. The summed E-state index contributed by atoms with van der Waals surface area (Å²) < 4.78 is 2.90. The van der Waals surface area contributed by atoms with Crippen LogP contribution in [0.15, 0.2) is 34.2 Å². The molecule has 102 valence electrons. The highest BCUT2D eigenvalue weighted by Crippen LogP contribution is 2.25. The maximum Gasteiger partial charge on any atom is 0.270 e. The standard InChI is InChI=1S/C14H17BrN2OS/c1-4-17-9-11(15)8-12(17)14(18)16(3)10(2)13-6-5-7-19-13/h5-10H,4H2,1-3H3. The number of carbonyl (C=O) groups excluding carboxylic acids is 1. The zero-order chi connectivity index (χ0) is 14.0. The highest BCUT2D eigenvalue weighted by atomic mass is 79.9. The zero-order valence-corrected chi connectivity index (χ0v) is 13.7. The Balaban J connectivity index is 2.23. The summed E-state index contributed by atoms with van der Waals surface area (Å²) in [5, 5.41) is 2.04. The molecule has 2 rings (SSSR count). The van der Waals surface area contributed by atoms with E-state index in [1.54, 1.807) is 16.2 Å². The number of rotatable bonds is 4. The second-order valence-electron chi connectivity index (χ2n) is 4.44. The first kappa shape index (κ1) is 14.3. The average Bonchev–Trinajstić information content (AvgIpc) is 3.04. The molecule has 1 unspecified atom stereocenters. The Morgan fingerprint density at radius 1 is 1.58 bits per heavy atom. The third-order valence-electron chi connectivity index (χ3n) is 3.28. The van der Waals surface area contributed by atoms with Gasteiger partial charge < -0.3 is 9.47 Å². The molecule has 2 heterocycles. The fraction of sp³-hybridized carbons (Fsp3) is 0.357. The second-order valence-corrected chi connectivity index (χ2v) is 6.33. The van der Waals surface area contributed by atoms with Crippen LogP contribution in [0.3, 0.4) is 0 Å². The smallest absolute Gasteiger partial charge is 0.270 e. The number of thiophene rings is 1. The molecule has 2 aromatic rings. The van der Waals surface area contributed by atoms with Gasteiger partial charge in [0.25, 0.3) is 5.91 Å². The Morgan fingerprint density at radius 3 is 2.89 bits per heavy atom. The van der Waals surface area contributed by atoms with Crippen molar-refractivity contribution in [2.75, 3.05) is 7.05 Å². The lowest BCUT2D eigenvalue weighted by Gasteiger charge is -2.24. The summed E-state index contributed by atoms with van der Waals surface area (Å²) in [5.74, 6) is 0.0495. The Morgan fingerprint density at radius 2 is 2.32 bits per heavy atom. The third kappa shape index (κ3) is 2.92. The molecule has 3 nitrogen and oxygen atoms in total. The van der Waals surface area contributed by atoms with Gasteiger partial charge in [0.05, 0.1) is 6.04 Å². The number of amides is 1. The molecular weight excluding hydrogens is 324 g/mol. The summed E-state index contributed by atoms with van der Waals surface area (Å²) in [7, 11) is 1.85. The topological polar surface area (TPSA) is 25.2 Å². The lowest BCUT2D eigenvalue weighted by Crippen LogP contribution is -2.30. The van der Waals surface area contributed by atoms with Crippen molar-refractivity contribution in [1.29, 1.82) is 0 Å². The van der Waals surface area contributed by atoms with E-state index in [9.17, 15) is 4.79 Å². The molecule has 0 aliphatic heterocycles. The monoisotopic (exact) mass is 340 g/mol. The first-order chi connectivity index (χ1) is 9.04. The van der Waals surface area contributed by atoms with Gasteiger partial charge in [-0.05, 0) is 47.3 Å². The molecule has 0 fully saturated rings. The summed E-state index contributed by atoms with van der Waals surface area (Å²) in [6.07, 6.45) is 1.94. The number of halogens is 1. The number of hydrogen-bond donors (Lipinski definition) is 0. The molecule has 0 spiro atoms. The van der Waals surface area contributed by atoms with Crippen molar-refractivity contribution in [1.82, 2.24) is 9.47 Å². The van der Waals surface area contributed by atoms with Gasteiger partial charge in [-0.1, -0.05) is 6.07 Å². The minimum absolute atomic E-state index is 0.0495. The van der Waals surface area contributed by atoms with Gasteiger partial charge in [0.15, 0.2) is 0 Å². The molecule has 19 heavy (non-hydrogen) atoms. The van der Waals surface area contributed by atoms with Crippen LogP contribution in [-0.4, -0.2) is 22.4 Å². The fourth-order valence-corrected chi connectivity index (χ4v) is 3.28. The van der Waals surface area contributed by atoms with Gasteiger partial charge in [0.2, 0.25) is 0 Å². The van der Waals surface area contributed by atoms with E-state index in [2.05, 4.69) is 28.9 Å². The van der Waals surface area contributed by atoms with Crippen LogP contribution in [0.5, 0.6) is 0 Å². The van der Waals surface area contributed by atoms with Gasteiger partial charge in [-0.2, -0.15) is 0 Å². The number of nitrogens with zero attached hydrogens (tertiary/aromatic N) is 2. The highest BCUT2D eigenvalue weighted by molar-refractivity contribution is 9.10. The number of aromatic nitrogens is 1. The quantitative estimate of drug-likeness (QED) is 0.820. The van der Waals surface area contributed by atoms with E-state index in [0.717, 1.165) is 16.7 Å². The van der Waals surface area contributed by atoms with Crippen molar-refractivity contribution in [3.05, 3.63) is 44.8 Å².